The monoisotopic (exact) mass is 328 g/mol. The molecule has 0 radical (unpaired) electrons. The fourth-order valence-corrected chi connectivity index (χ4v) is 4.49. The maximum absolute atomic E-state index is 11.7. The standard InChI is InChI=1S/C13H16N2O4S2/c1-9-2-3-11(20-9)4-5-12(16)14-15-13(17)10-6-7-21(18,19)8-10/h2-5,10H,6-8H2,1H3,(H,14,16)(H,15,17)/b5-4+/t10-/m1/s1. The second-order valence-electron chi connectivity index (χ2n) is 4.86. The molecule has 1 aromatic rings. The largest absolute Gasteiger partial charge is 0.273 e. The first-order valence-corrected chi connectivity index (χ1v) is 9.04. The third kappa shape index (κ3) is 4.68. The molecule has 8 heteroatoms. The molecule has 6 nitrogen and oxygen atoms in total. The molecule has 2 heterocycles. The zero-order valence-corrected chi connectivity index (χ0v) is 13.1. The first kappa shape index (κ1) is 15.7. The number of nitrogens with one attached hydrogen (secondary N) is 2. The summed E-state index contributed by atoms with van der Waals surface area (Å²) in [6.07, 6.45) is 3.27. The molecule has 1 fully saturated rings. The molecule has 2 rings (SSSR count). The number of sulfone groups is 1. The van der Waals surface area contributed by atoms with Crippen LogP contribution in [0.15, 0.2) is 18.2 Å². The third-order valence-corrected chi connectivity index (χ3v) is 5.81. The van der Waals surface area contributed by atoms with E-state index >= 15 is 0 Å². The summed E-state index contributed by atoms with van der Waals surface area (Å²) in [6, 6.07) is 3.84. The Hall–Kier alpha value is -1.67. The quantitative estimate of drug-likeness (QED) is 0.629. The Balaban J connectivity index is 1.79. The maximum Gasteiger partial charge on any atom is 0.262 e. The van der Waals surface area contributed by atoms with Crippen molar-refractivity contribution in [1.29, 1.82) is 0 Å². The van der Waals surface area contributed by atoms with Crippen molar-refractivity contribution in [3.05, 3.63) is 28.0 Å². The van der Waals surface area contributed by atoms with Crippen LogP contribution in [0.2, 0.25) is 0 Å². The lowest BCUT2D eigenvalue weighted by Gasteiger charge is -2.09. The summed E-state index contributed by atoms with van der Waals surface area (Å²) in [5.41, 5.74) is 4.50. The Morgan fingerprint density at radius 2 is 2.10 bits per heavy atom. The van der Waals surface area contributed by atoms with Gasteiger partial charge in [0.05, 0.1) is 17.4 Å². The normalized spacial score (nSPS) is 20.5. The molecule has 0 aromatic carbocycles. The van der Waals surface area contributed by atoms with Gasteiger partial charge in [0, 0.05) is 15.8 Å². The van der Waals surface area contributed by atoms with Crippen molar-refractivity contribution in [3.63, 3.8) is 0 Å². The molecule has 0 spiro atoms. The fourth-order valence-electron chi connectivity index (χ4n) is 1.97. The molecule has 0 saturated carbocycles. The minimum atomic E-state index is -3.11. The summed E-state index contributed by atoms with van der Waals surface area (Å²) in [7, 11) is -3.11. The van der Waals surface area contributed by atoms with Crippen molar-refractivity contribution >= 4 is 39.1 Å². The lowest BCUT2D eigenvalue weighted by atomic mass is 10.1. The van der Waals surface area contributed by atoms with Gasteiger partial charge in [-0.3, -0.25) is 20.4 Å². The summed E-state index contributed by atoms with van der Waals surface area (Å²) in [4.78, 5) is 25.3. The van der Waals surface area contributed by atoms with Crippen LogP contribution in [0.1, 0.15) is 16.2 Å². The summed E-state index contributed by atoms with van der Waals surface area (Å²) < 4.78 is 22.5. The number of hydrogen-bond donors (Lipinski definition) is 2. The summed E-state index contributed by atoms with van der Waals surface area (Å²) in [5.74, 6) is -1.64. The number of aryl methyl sites for hydroxylation is 1. The molecule has 2 N–H and O–H groups in total. The van der Waals surface area contributed by atoms with E-state index in [1.807, 2.05) is 19.1 Å². The van der Waals surface area contributed by atoms with Crippen molar-refractivity contribution in [1.82, 2.24) is 10.9 Å². The highest BCUT2D eigenvalue weighted by Crippen LogP contribution is 2.18. The van der Waals surface area contributed by atoms with Crippen molar-refractivity contribution < 1.29 is 18.0 Å². The second-order valence-corrected chi connectivity index (χ2v) is 8.41. The minimum absolute atomic E-state index is 0.0245. The first-order valence-electron chi connectivity index (χ1n) is 6.40. The predicted molar refractivity (Wildman–Crippen MR) is 81.1 cm³/mol. The molecule has 0 unspecified atom stereocenters. The van der Waals surface area contributed by atoms with Gasteiger partial charge in [0.25, 0.3) is 5.91 Å². The average Bonchev–Trinajstić information content (AvgIpc) is 2.99. The van der Waals surface area contributed by atoms with E-state index in [2.05, 4.69) is 10.9 Å². The van der Waals surface area contributed by atoms with Gasteiger partial charge in [-0.1, -0.05) is 0 Å². The number of carbonyl (C=O) groups is 2. The van der Waals surface area contributed by atoms with Crippen LogP contribution in [0.5, 0.6) is 0 Å². The number of hydrogen-bond acceptors (Lipinski definition) is 5. The summed E-state index contributed by atoms with van der Waals surface area (Å²) in [6.45, 7) is 1.97. The molecule has 0 bridgehead atoms. The number of rotatable bonds is 3. The Kier molecular flexibility index (Phi) is 4.79. The molecular weight excluding hydrogens is 312 g/mol. The van der Waals surface area contributed by atoms with Crippen molar-refractivity contribution in [3.8, 4) is 0 Å². The number of carbonyl (C=O) groups excluding carboxylic acids is 2. The van der Waals surface area contributed by atoms with Crippen molar-refractivity contribution in [2.24, 2.45) is 5.92 Å². The van der Waals surface area contributed by atoms with Gasteiger partial charge in [0.2, 0.25) is 5.91 Å². The van der Waals surface area contributed by atoms with Crippen LogP contribution in [-0.2, 0) is 19.4 Å². The molecule has 21 heavy (non-hydrogen) atoms. The topological polar surface area (TPSA) is 92.3 Å². The highest BCUT2D eigenvalue weighted by Gasteiger charge is 2.32. The van der Waals surface area contributed by atoms with Crippen LogP contribution in [0.3, 0.4) is 0 Å². The van der Waals surface area contributed by atoms with Gasteiger partial charge in [-0.05, 0) is 31.6 Å². The van der Waals surface area contributed by atoms with Crippen LogP contribution >= 0.6 is 11.3 Å². The molecule has 1 aromatic heterocycles. The smallest absolute Gasteiger partial charge is 0.262 e. The van der Waals surface area contributed by atoms with E-state index in [0.717, 1.165) is 9.75 Å². The second kappa shape index (κ2) is 6.40. The average molecular weight is 328 g/mol. The number of thiophene rings is 1. The molecule has 114 valence electrons. The minimum Gasteiger partial charge on any atom is -0.273 e. The van der Waals surface area contributed by atoms with E-state index in [9.17, 15) is 18.0 Å². The number of hydrazine groups is 1. The molecule has 1 aliphatic heterocycles. The predicted octanol–water partition coefficient (Wildman–Crippen LogP) is 0.652. The Labute approximate surface area is 127 Å². The van der Waals surface area contributed by atoms with E-state index in [4.69, 9.17) is 0 Å². The van der Waals surface area contributed by atoms with Gasteiger partial charge < -0.3 is 0 Å². The zero-order valence-electron chi connectivity index (χ0n) is 11.5. The van der Waals surface area contributed by atoms with Gasteiger partial charge >= 0.3 is 0 Å². The highest BCUT2D eigenvalue weighted by atomic mass is 32.2. The highest BCUT2D eigenvalue weighted by molar-refractivity contribution is 7.91. The van der Waals surface area contributed by atoms with Gasteiger partial charge in [-0.25, -0.2) is 8.42 Å². The van der Waals surface area contributed by atoms with E-state index in [1.165, 1.54) is 6.08 Å². The van der Waals surface area contributed by atoms with Gasteiger partial charge in [-0.15, -0.1) is 11.3 Å². The van der Waals surface area contributed by atoms with Crippen molar-refractivity contribution in [2.45, 2.75) is 13.3 Å². The summed E-state index contributed by atoms with van der Waals surface area (Å²) >= 11 is 1.55. The lowest BCUT2D eigenvalue weighted by molar-refractivity contribution is -0.129. The molecule has 1 aliphatic rings. The van der Waals surface area contributed by atoms with E-state index in [0.29, 0.717) is 6.42 Å². The van der Waals surface area contributed by atoms with Crippen LogP contribution in [-0.4, -0.2) is 31.7 Å². The van der Waals surface area contributed by atoms with Crippen LogP contribution in [0, 0.1) is 12.8 Å². The van der Waals surface area contributed by atoms with E-state index in [1.54, 1.807) is 17.4 Å². The molecule has 0 aliphatic carbocycles. The first-order chi connectivity index (χ1) is 9.85. The Morgan fingerprint density at radius 1 is 1.33 bits per heavy atom. The molecule has 1 atom stereocenters. The molecule has 1 saturated heterocycles. The molecular formula is C13H16N2O4S2. The van der Waals surface area contributed by atoms with Gasteiger partial charge in [0.1, 0.15) is 0 Å². The van der Waals surface area contributed by atoms with Crippen LogP contribution in [0.4, 0.5) is 0 Å². The van der Waals surface area contributed by atoms with Crippen LogP contribution < -0.4 is 10.9 Å². The maximum atomic E-state index is 11.7. The zero-order chi connectivity index (χ0) is 15.5. The SMILES string of the molecule is Cc1ccc(/C=C/C(=O)NNC(=O)[C@@H]2CCS(=O)(=O)C2)s1. The van der Waals surface area contributed by atoms with Gasteiger partial charge in [-0.2, -0.15) is 0 Å². The summed E-state index contributed by atoms with van der Waals surface area (Å²) in [5, 5.41) is 0. The lowest BCUT2D eigenvalue weighted by Crippen LogP contribution is -2.44. The molecule has 2 amide bonds. The van der Waals surface area contributed by atoms with Crippen LogP contribution in [0.25, 0.3) is 6.08 Å². The fraction of sp³-hybridized carbons (Fsp3) is 0.385. The number of amides is 2. The Morgan fingerprint density at radius 3 is 2.67 bits per heavy atom. The van der Waals surface area contributed by atoms with E-state index in [-0.39, 0.29) is 11.5 Å². The van der Waals surface area contributed by atoms with Gasteiger partial charge in [0.15, 0.2) is 9.84 Å². The van der Waals surface area contributed by atoms with Crippen molar-refractivity contribution in [2.75, 3.05) is 11.5 Å². The Bertz CT molecular complexity index is 676. The van der Waals surface area contributed by atoms with E-state index < -0.39 is 27.6 Å². The third-order valence-electron chi connectivity index (χ3n) is 3.07.